The zero-order valence-electron chi connectivity index (χ0n) is 12.7. The zero-order valence-corrected chi connectivity index (χ0v) is 14.3. The van der Waals surface area contributed by atoms with Crippen LogP contribution in [0.3, 0.4) is 0 Å². The Hall–Kier alpha value is -0.700. The fourth-order valence-electron chi connectivity index (χ4n) is 3.06. The summed E-state index contributed by atoms with van der Waals surface area (Å²) in [6, 6.07) is 6.34. The number of hydrogen-bond acceptors (Lipinski definition) is 2. The van der Waals surface area contributed by atoms with Gasteiger partial charge in [0.15, 0.2) is 11.5 Å². The molecule has 0 spiro atoms. The predicted octanol–water partition coefficient (Wildman–Crippen LogP) is 5.50. The summed E-state index contributed by atoms with van der Waals surface area (Å²) in [5.74, 6) is 1.70. The van der Waals surface area contributed by atoms with Gasteiger partial charge in [0.05, 0.1) is 13.2 Å². The molecule has 0 N–H and O–H groups in total. The third-order valence-corrected chi connectivity index (χ3v) is 5.85. The van der Waals surface area contributed by atoms with E-state index >= 15 is 0 Å². The summed E-state index contributed by atoms with van der Waals surface area (Å²) in [5.41, 5.74) is 1.65. The van der Waals surface area contributed by atoms with E-state index in [9.17, 15) is 0 Å². The number of alkyl halides is 1. The topological polar surface area (TPSA) is 18.5 Å². The first-order valence-electron chi connectivity index (χ1n) is 7.64. The summed E-state index contributed by atoms with van der Waals surface area (Å²) in [6.45, 7) is 7.71. The maximum Gasteiger partial charge on any atom is 0.161 e. The average Bonchev–Trinajstić information content (AvgIpc) is 2.89. The smallest absolute Gasteiger partial charge is 0.161 e. The molecule has 0 aliphatic heterocycles. The second kappa shape index (κ2) is 6.84. The normalized spacial score (nSPS) is 18.8. The van der Waals surface area contributed by atoms with Crippen LogP contribution in [0.1, 0.15) is 56.8 Å². The van der Waals surface area contributed by atoms with Crippen molar-refractivity contribution in [3.05, 3.63) is 23.8 Å². The van der Waals surface area contributed by atoms with Gasteiger partial charge in [-0.2, -0.15) is 0 Å². The lowest BCUT2D eigenvalue weighted by atomic mass is 9.82. The molecule has 1 saturated carbocycles. The molecule has 0 aromatic heterocycles. The lowest BCUT2D eigenvalue weighted by Crippen LogP contribution is -2.17. The second-order valence-electron chi connectivity index (χ2n) is 5.80. The van der Waals surface area contributed by atoms with Gasteiger partial charge in [-0.05, 0) is 49.8 Å². The highest BCUT2D eigenvalue weighted by Crippen LogP contribution is 2.52. The summed E-state index contributed by atoms with van der Waals surface area (Å²) in [7, 11) is 0. The van der Waals surface area contributed by atoms with E-state index in [2.05, 4.69) is 35.0 Å². The Morgan fingerprint density at radius 2 is 1.70 bits per heavy atom. The summed E-state index contributed by atoms with van der Waals surface area (Å²) in [6.07, 6.45) is 5.27. The molecule has 2 nitrogen and oxygen atoms in total. The lowest BCUT2D eigenvalue weighted by molar-refractivity contribution is 0.286. The molecule has 1 unspecified atom stereocenters. The molecule has 112 valence electrons. The first-order valence-corrected chi connectivity index (χ1v) is 8.56. The van der Waals surface area contributed by atoms with Gasteiger partial charge in [0.2, 0.25) is 0 Å². The highest BCUT2D eigenvalue weighted by atomic mass is 79.9. The third kappa shape index (κ3) is 3.30. The molecule has 3 heteroatoms. The predicted molar refractivity (Wildman–Crippen MR) is 87.0 cm³/mol. The van der Waals surface area contributed by atoms with Gasteiger partial charge in [-0.1, -0.05) is 41.8 Å². The molecule has 1 fully saturated rings. The van der Waals surface area contributed by atoms with Gasteiger partial charge in [-0.25, -0.2) is 0 Å². The van der Waals surface area contributed by atoms with Gasteiger partial charge < -0.3 is 9.47 Å². The molecule has 0 heterocycles. The average molecular weight is 341 g/mol. The molecule has 2 rings (SSSR count). The summed E-state index contributed by atoms with van der Waals surface area (Å²) < 4.78 is 11.4. The van der Waals surface area contributed by atoms with E-state index in [1.165, 1.54) is 31.2 Å². The fourth-order valence-corrected chi connectivity index (χ4v) is 3.81. The maximum absolute atomic E-state index is 5.73. The Morgan fingerprint density at radius 3 is 2.30 bits per heavy atom. The minimum atomic E-state index is 0.358. The van der Waals surface area contributed by atoms with Gasteiger partial charge in [-0.3, -0.25) is 0 Å². The molecule has 1 aliphatic carbocycles. The first-order chi connectivity index (χ1) is 9.60. The van der Waals surface area contributed by atoms with Crippen LogP contribution in [0.25, 0.3) is 0 Å². The van der Waals surface area contributed by atoms with E-state index in [0.717, 1.165) is 11.5 Å². The minimum Gasteiger partial charge on any atom is -0.490 e. The molecule has 0 radical (unpaired) electrons. The lowest BCUT2D eigenvalue weighted by Gasteiger charge is -2.30. The highest BCUT2D eigenvalue weighted by Gasteiger charge is 2.36. The molecule has 0 bridgehead atoms. The van der Waals surface area contributed by atoms with E-state index in [1.807, 2.05) is 19.9 Å². The second-order valence-corrected chi connectivity index (χ2v) is 6.71. The number of benzene rings is 1. The zero-order chi connectivity index (χ0) is 14.6. The molecule has 1 aromatic rings. The summed E-state index contributed by atoms with van der Waals surface area (Å²) in [4.78, 5) is 0.382. The molecule has 20 heavy (non-hydrogen) atoms. The van der Waals surface area contributed by atoms with E-state index in [-0.39, 0.29) is 0 Å². The molecular formula is C17H25BrO2. The Morgan fingerprint density at radius 1 is 1.10 bits per heavy atom. The molecule has 0 amide bonds. The van der Waals surface area contributed by atoms with Crippen molar-refractivity contribution >= 4 is 15.9 Å². The summed E-state index contributed by atoms with van der Waals surface area (Å²) >= 11 is 3.92. The number of rotatable bonds is 6. The molecule has 1 aliphatic rings. The monoisotopic (exact) mass is 340 g/mol. The Balaban J connectivity index is 2.25. The van der Waals surface area contributed by atoms with Crippen LogP contribution in [0, 0.1) is 5.41 Å². The molecule has 1 atom stereocenters. The van der Waals surface area contributed by atoms with Crippen LogP contribution in [-0.2, 0) is 0 Å². The van der Waals surface area contributed by atoms with Crippen molar-refractivity contribution in [3.8, 4) is 11.5 Å². The van der Waals surface area contributed by atoms with Gasteiger partial charge >= 0.3 is 0 Å². The van der Waals surface area contributed by atoms with Crippen molar-refractivity contribution in [1.82, 2.24) is 0 Å². The van der Waals surface area contributed by atoms with Crippen molar-refractivity contribution in [2.45, 2.75) is 51.3 Å². The number of halogens is 1. The Bertz CT molecular complexity index is 439. The highest BCUT2D eigenvalue weighted by molar-refractivity contribution is 9.09. The van der Waals surface area contributed by atoms with Crippen LogP contribution < -0.4 is 9.47 Å². The van der Waals surface area contributed by atoms with Crippen molar-refractivity contribution < 1.29 is 9.47 Å². The van der Waals surface area contributed by atoms with Gasteiger partial charge in [0.25, 0.3) is 0 Å². The Kier molecular flexibility index (Phi) is 5.36. The van der Waals surface area contributed by atoms with Gasteiger partial charge in [-0.15, -0.1) is 0 Å². The van der Waals surface area contributed by atoms with E-state index < -0.39 is 0 Å². The van der Waals surface area contributed by atoms with Gasteiger partial charge in [0.1, 0.15) is 0 Å². The van der Waals surface area contributed by atoms with Crippen LogP contribution in [0.15, 0.2) is 18.2 Å². The number of hydrogen-bond donors (Lipinski definition) is 0. The quantitative estimate of drug-likeness (QED) is 0.636. The number of ether oxygens (including phenoxy) is 2. The molecule has 0 saturated heterocycles. The summed E-state index contributed by atoms with van der Waals surface area (Å²) in [5, 5.41) is 0. The van der Waals surface area contributed by atoms with Crippen molar-refractivity contribution in [2.75, 3.05) is 13.2 Å². The van der Waals surface area contributed by atoms with E-state index in [0.29, 0.717) is 23.5 Å². The third-order valence-electron chi connectivity index (χ3n) is 4.22. The SMILES string of the molecule is CCOc1ccc(C(Br)C2(C)CCCC2)cc1OCC. The van der Waals surface area contributed by atoms with Crippen LogP contribution in [0.5, 0.6) is 11.5 Å². The molecule has 1 aromatic carbocycles. The van der Waals surface area contributed by atoms with Crippen LogP contribution in [-0.4, -0.2) is 13.2 Å². The van der Waals surface area contributed by atoms with Crippen LogP contribution in [0.4, 0.5) is 0 Å². The fraction of sp³-hybridized carbons (Fsp3) is 0.647. The van der Waals surface area contributed by atoms with E-state index in [4.69, 9.17) is 9.47 Å². The largest absolute Gasteiger partial charge is 0.490 e. The first kappa shape index (κ1) is 15.7. The van der Waals surface area contributed by atoms with Crippen molar-refractivity contribution in [2.24, 2.45) is 5.41 Å². The standard InChI is InChI=1S/C17H25BrO2/c1-4-19-14-9-8-13(12-15(14)20-5-2)16(18)17(3)10-6-7-11-17/h8-9,12,16H,4-7,10-11H2,1-3H3. The Labute approximate surface area is 131 Å². The van der Waals surface area contributed by atoms with Crippen molar-refractivity contribution in [1.29, 1.82) is 0 Å². The van der Waals surface area contributed by atoms with Crippen molar-refractivity contribution in [3.63, 3.8) is 0 Å². The molecular weight excluding hydrogens is 316 g/mol. The maximum atomic E-state index is 5.73. The van der Waals surface area contributed by atoms with Crippen LogP contribution in [0.2, 0.25) is 0 Å². The van der Waals surface area contributed by atoms with Gasteiger partial charge in [0, 0.05) is 4.83 Å². The van der Waals surface area contributed by atoms with Crippen LogP contribution >= 0.6 is 15.9 Å². The minimum absolute atomic E-state index is 0.358. The van der Waals surface area contributed by atoms with E-state index in [1.54, 1.807) is 0 Å².